The summed E-state index contributed by atoms with van der Waals surface area (Å²) >= 11 is 0. The minimum atomic E-state index is -1.08. The van der Waals surface area contributed by atoms with E-state index in [9.17, 15) is 5.11 Å². The van der Waals surface area contributed by atoms with Crippen LogP contribution < -0.4 is 0 Å². The highest BCUT2D eigenvalue weighted by Gasteiger charge is 2.71. The molecule has 3 heteroatoms. The Hall–Kier alpha value is -1.32. The summed E-state index contributed by atoms with van der Waals surface area (Å²) in [6, 6.07) is 10.1. The van der Waals surface area contributed by atoms with Gasteiger partial charge in [0.2, 0.25) is 5.79 Å². The smallest absolute Gasteiger partial charge is 0.248 e. The van der Waals surface area contributed by atoms with E-state index in [2.05, 4.69) is 0 Å². The molecule has 4 unspecified atom stereocenters. The minimum Gasteiger partial charge on any atom is -0.466 e. The molecular weight excluding hydrogens is 252 g/mol. The summed E-state index contributed by atoms with van der Waals surface area (Å²) < 4.78 is 11.8. The maximum Gasteiger partial charge on any atom is 0.248 e. The van der Waals surface area contributed by atoms with E-state index in [4.69, 9.17) is 9.47 Å². The highest BCUT2D eigenvalue weighted by atomic mass is 16.7. The van der Waals surface area contributed by atoms with Crippen molar-refractivity contribution in [1.82, 2.24) is 0 Å². The van der Waals surface area contributed by atoms with Crippen molar-refractivity contribution in [2.75, 3.05) is 0 Å². The van der Waals surface area contributed by atoms with E-state index >= 15 is 0 Å². The van der Waals surface area contributed by atoms with Crippen molar-refractivity contribution >= 4 is 0 Å². The largest absolute Gasteiger partial charge is 0.466 e. The van der Waals surface area contributed by atoms with E-state index in [1.807, 2.05) is 57.2 Å². The number of rotatable bonds is 2. The molecule has 4 atom stereocenters. The zero-order chi connectivity index (χ0) is 14.6. The molecule has 1 N–H and O–H groups in total. The first-order valence-corrected chi connectivity index (χ1v) is 7.09. The second-order valence-corrected chi connectivity index (χ2v) is 6.91. The Bertz CT molecular complexity index is 527. The van der Waals surface area contributed by atoms with Gasteiger partial charge in [-0.05, 0) is 24.0 Å². The molecule has 2 aliphatic rings. The van der Waals surface area contributed by atoms with Crippen LogP contribution in [-0.2, 0) is 9.47 Å². The summed E-state index contributed by atoms with van der Waals surface area (Å²) in [6.45, 7) is 7.80. The van der Waals surface area contributed by atoms with Crippen molar-refractivity contribution in [2.24, 2.45) is 11.3 Å². The van der Waals surface area contributed by atoms with E-state index in [-0.39, 0.29) is 17.4 Å². The first-order chi connectivity index (χ1) is 9.30. The van der Waals surface area contributed by atoms with Gasteiger partial charge in [-0.2, -0.15) is 0 Å². The van der Waals surface area contributed by atoms with Gasteiger partial charge in [0.25, 0.3) is 0 Å². The Morgan fingerprint density at radius 2 is 1.75 bits per heavy atom. The summed E-state index contributed by atoms with van der Waals surface area (Å²) in [6.07, 6.45) is 3.61. The maximum atomic E-state index is 11.0. The van der Waals surface area contributed by atoms with Crippen molar-refractivity contribution in [3.8, 4) is 0 Å². The highest BCUT2D eigenvalue weighted by molar-refractivity contribution is 5.28. The lowest BCUT2D eigenvalue weighted by Gasteiger charge is -2.59. The molecule has 3 nitrogen and oxygen atoms in total. The summed E-state index contributed by atoms with van der Waals surface area (Å²) in [5, 5.41) is 11.0. The second kappa shape index (κ2) is 4.09. The third kappa shape index (κ3) is 1.60. The van der Waals surface area contributed by atoms with Crippen molar-refractivity contribution < 1.29 is 14.6 Å². The Balaban J connectivity index is 1.92. The van der Waals surface area contributed by atoms with Crippen LogP contribution in [-0.4, -0.2) is 16.5 Å². The molecule has 1 aromatic rings. The summed E-state index contributed by atoms with van der Waals surface area (Å²) in [7, 11) is 0. The van der Waals surface area contributed by atoms with Gasteiger partial charge in [0, 0.05) is 0 Å². The van der Waals surface area contributed by atoms with E-state index in [0.717, 1.165) is 5.56 Å². The third-order valence-electron chi connectivity index (χ3n) is 4.86. The summed E-state index contributed by atoms with van der Waals surface area (Å²) in [5.74, 6) is -0.926. The fourth-order valence-corrected chi connectivity index (χ4v) is 3.02. The average Bonchev–Trinajstić information content (AvgIpc) is 2.68. The third-order valence-corrected chi connectivity index (χ3v) is 4.86. The van der Waals surface area contributed by atoms with Crippen LogP contribution in [0.5, 0.6) is 0 Å². The molecule has 0 spiro atoms. The molecule has 2 aliphatic heterocycles. The van der Waals surface area contributed by atoms with Crippen molar-refractivity contribution in [3.63, 3.8) is 0 Å². The number of ether oxygens (including phenoxy) is 2. The monoisotopic (exact) mass is 274 g/mol. The molecule has 1 saturated heterocycles. The standard InChI is InChI=1S/C17H22O3/c1-15(2,3)16(4,18)17-13(10-11-19-17)14(20-17)12-8-6-5-7-9-12/h5-11,13-14,18H,1-4H3. The van der Waals surface area contributed by atoms with Crippen molar-refractivity contribution in [3.05, 3.63) is 48.2 Å². The van der Waals surface area contributed by atoms with Gasteiger partial charge in [-0.15, -0.1) is 0 Å². The van der Waals surface area contributed by atoms with Gasteiger partial charge in [-0.3, -0.25) is 0 Å². The molecule has 20 heavy (non-hydrogen) atoms. The Kier molecular flexibility index (Phi) is 2.79. The molecule has 0 aliphatic carbocycles. The lowest BCUT2D eigenvalue weighted by atomic mass is 9.64. The van der Waals surface area contributed by atoms with Crippen LogP contribution >= 0.6 is 0 Å². The Morgan fingerprint density at radius 3 is 2.35 bits per heavy atom. The van der Waals surface area contributed by atoms with Crippen LogP contribution in [0, 0.1) is 11.3 Å². The zero-order valence-corrected chi connectivity index (χ0v) is 12.5. The molecule has 108 valence electrons. The summed E-state index contributed by atoms with van der Waals surface area (Å²) in [4.78, 5) is 0. The second-order valence-electron chi connectivity index (χ2n) is 6.91. The van der Waals surface area contributed by atoms with Gasteiger partial charge < -0.3 is 14.6 Å². The predicted octanol–water partition coefficient (Wildman–Crippen LogP) is 3.41. The minimum absolute atomic E-state index is 0.0409. The molecule has 2 heterocycles. The average molecular weight is 274 g/mol. The Labute approximate surface area is 120 Å². The van der Waals surface area contributed by atoms with Gasteiger partial charge in [0.05, 0.1) is 18.3 Å². The first kappa shape index (κ1) is 13.7. The molecule has 0 radical (unpaired) electrons. The van der Waals surface area contributed by atoms with Gasteiger partial charge in [0.15, 0.2) is 0 Å². The number of hydrogen-bond acceptors (Lipinski definition) is 3. The number of benzene rings is 1. The van der Waals surface area contributed by atoms with E-state index in [1.54, 1.807) is 13.2 Å². The van der Waals surface area contributed by atoms with E-state index in [1.165, 1.54) is 0 Å². The van der Waals surface area contributed by atoms with Crippen molar-refractivity contribution in [1.29, 1.82) is 0 Å². The van der Waals surface area contributed by atoms with Crippen LogP contribution in [0.3, 0.4) is 0 Å². The lowest BCUT2D eigenvalue weighted by molar-refractivity contribution is -0.420. The van der Waals surface area contributed by atoms with Crippen LogP contribution in [0.25, 0.3) is 0 Å². The Morgan fingerprint density at radius 1 is 1.10 bits per heavy atom. The molecule has 0 aromatic heterocycles. The topological polar surface area (TPSA) is 38.7 Å². The van der Waals surface area contributed by atoms with Gasteiger partial charge in [-0.1, -0.05) is 51.1 Å². The van der Waals surface area contributed by atoms with Gasteiger partial charge in [-0.25, -0.2) is 0 Å². The molecule has 1 aromatic carbocycles. The van der Waals surface area contributed by atoms with Gasteiger partial charge >= 0.3 is 0 Å². The number of fused-ring (bicyclic) bond motifs is 1. The van der Waals surface area contributed by atoms with Crippen LogP contribution in [0.1, 0.15) is 39.4 Å². The van der Waals surface area contributed by atoms with Gasteiger partial charge in [0.1, 0.15) is 5.60 Å². The molecule has 0 bridgehead atoms. The molecule has 0 amide bonds. The predicted molar refractivity (Wildman–Crippen MR) is 76.8 cm³/mol. The van der Waals surface area contributed by atoms with E-state index < -0.39 is 11.4 Å². The number of hydrogen-bond donors (Lipinski definition) is 1. The highest BCUT2D eigenvalue weighted by Crippen LogP contribution is 2.61. The lowest BCUT2D eigenvalue weighted by Crippen LogP contribution is -2.70. The normalized spacial score (nSPS) is 34.9. The molecular formula is C17H22O3. The van der Waals surface area contributed by atoms with Crippen molar-refractivity contribution in [2.45, 2.75) is 45.2 Å². The van der Waals surface area contributed by atoms with Crippen LogP contribution in [0.4, 0.5) is 0 Å². The first-order valence-electron chi connectivity index (χ1n) is 7.09. The van der Waals surface area contributed by atoms with Crippen LogP contribution in [0.15, 0.2) is 42.7 Å². The van der Waals surface area contributed by atoms with E-state index in [0.29, 0.717) is 0 Å². The zero-order valence-electron chi connectivity index (χ0n) is 12.5. The molecule has 0 saturated carbocycles. The SMILES string of the molecule is CC(C)(C)C(C)(O)C12OC=CC1C(c1ccccc1)O2. The van der Waals surface area contributed by atoms with Crippen LogP contribution in [0.2, 0.25) is 0 Å². The maximum absolute atomic E-state index is 11.0. The fraction of sp³-hybridized carbons (Fsp3) is 0.529. The molecule has 3 rings (SSSR count). The fourth-order valence-electron chi connectivity index (χ4n) is 3.02. The number of aliphatic hydroxyl groups is 1. The molecule has 1 fully saturated rings. The summed E-state index contributed by atoms with van der Waals surface area (Å²) in [5.41, 5.74) is -0.314. The quantitative estimate of drug-likeness (QED) is 0.898.